The Hall–Kier alpha value is -3.06. The van der Waals surface area contributed by atoms with Crippen LogP contribution in [0.3, 0.4) is 0 Å². The number of ether oxygens (including phenoxy) is 3. The Balaban J connectivity index is 2.45. The van der Waals surface area contributed by atoms with Crippen LogP contribution in [0.2, 0.25) is 5.02 Å². The number of rotatable bonds is 11. The van der Waals surface area contributed by atoms with E-state index >= 15 is 0 Å². The van der Waals surface area contributed by atoms with Crippen molar-refractivity contribution in [1.82, 2.24) is 10.3 Å². The molecule has 0 aliphatic carbocycles. The van der Waals surface area contributed by atoms with E-state index in [0.29, 0.717) is 0 Å². The first-order chi connectivity index (χ1) is 15.6. The molecular formula is C19H22ClF2N3O7S. The molecule has 0 spiro atoms. The van der Waals surface area contributed by atoms with E-state index in [4.69, 9.17) is 16.3 Å². The van der Waals surface area contributed by atoms with E-state index in [-0.39, 0.29) is 40.9 Å². The number of carbonyl (C=O) groups is 2. The van der Waals surface area contributed by atoms with Gasteiger partial charge in [0.1, 0.15) is 17.3 Å². The summed E-state index contributed by atoms with van der Waals surface area (Å²) in [5.74, 6) is -2.03. The average molecular weight is 510 g/mol. The number of hydrogen-bond donors (Lipinski definition) is 2. The minimum absolute atomic E-state index is 0.0259. The molecular weight excluding hydrogens is 488 g/mol. The van der Waals surface area contributed by atoms with Crippen LogP contribution in [0.5, 0.6) is 5.75 Å². The number of alkyl halides is 2. The number of nitrogens with one attached hydrogen (secondary N) is 2. The lowest BCUT2D eigenvalue weighted by Crippen LogP contribution is -2.40. The lowest BCUT2D eigenvalue weighted by Gasteiger charge is -2.25. The Morgan fingerprint density at radius 2 is 1.88 bits per heavy atom. The average Bonchev–Trinajstić information content (AvgIpc) is 3.22. The van der Waals surface area contributed by atoms with Gasteiger partial charge in [-0.15, -0.1) is 0 Å². The summed E-state index contributed by atoms with van der Waals surface area (Å²) in [5, 5.41) is 2.01. The second kappa shape index (κ2) is 11.7. The predicted octanol–water partition coefficient (Wildman–Crippen LogP) is 3.49. The third kappa shape index (κ3) is 7.22. The van der Waals surface area contributed by atoms with Crippen molar-refractivity contribution in [3.63, 3.8) is 0 Å². The Morgan fingerprint density at radius 1 is 1.18 bits per heavy atom. The topological polar surface area (TPSA) is 127 Å². The minimum Gasteiger partial charge on any atom is -0.461 e. The van der Waals surface area contributed by atoms with Crippen LogP contribution in [0.15, 0.2) is 30.5 Å². The highest BCUT2D eigenvalue weighted by Gasteiger charge is 2.29. The summed E-state index contributed by atoms with van der Waals surface area (Å²) in [6, 6.07) is 5.13. The SMILES string of the molecule is CCOC(=O)NCS(=O)(=O)N(Cc1ccc(Cl)c(OC(F)F)c1)c1cc[nH]c1C(=O)OCC. The van der Waals surface area contributed by atoms with Gasteiger partial charge in [0.25, 0.3) is 10.0 Å². The summed E-state index contributed by atoms with van der Waals surface area (Å²) in [7, 11) is -4.30. The van der Waals surface area contributed by atoms with Gasteiger partial charge in [-0.25, -0.2) is 18.0 Å². The molecule has 1 amide bonds. The minimum atomic E-state index is -4.30. The first kappa shape index (κ1) is 26.2. The molecule has 0 aliphatic heterocycles. The van der Waals surface area contributed by atoms with Gasteiger partial charge in [-0.2, -0.15) is 8.78 Å². The molecule has 1 aromatic heterocycles. The Morgan fingerprint density at radius 3 is 2.52 bits per heavy atom. The van der Waals surface area contributed by atoms with E-state index in [1.54, 1.807) is 13.8 Å². The maximum atomic E-state index is 13.1. The number of sulfonamides is 1. The van der Waals surface area contributed by atoms with Crippen molar-refractivity contribution in [2.75, 3.05) is 23.4 Å². The van der Waals surface area contributed by atoms with Gasteiger partial charge in [0.05, 0.1) is 30.5 Å². The maximum Gasteiger partial charge on any atom is 0.408 e. The van der Waals surface area contributed by atoms with Gasteiger partial charge in [0, 0.05) is 6.20 Å². The van der Waals surface area contributed by atoms with E-state index in [9.17, 15) is 26.8 Å². The summed E-state index contributed by atoms with van der Waals surface area (Å²) < 4.78 is 66.4. The molecule has 14 heteroatoms. The molecule has 0 unspecified atom stereocenters. The van der Waals surface area contributed by atoms with Gasteiger partial charge in [-0.1, -0.05) is 17.7 Å². The van der Waals surface area contributed by atoms with Crippen molar-refractivity contribution < 1.29 is 41.0 Å². The number of amides is 1. The number of nitrogens with zero attached hydrogens (tertiary/aromatic N) is 1. The van der Waals surface area contributed by atoms with E-state index < -0.39 is 41.1 Å². The monoisotopic (exact) mass is 509 g/mol. The molecule has 0 atom stereocenters. The molecule has 0 fully saturated rings. The molecule has 2 N–H and O–H groups in total. The first-order valence-electron chi connectivity index (χ1n) is 9.57. The summed E-state index contributed by atoms with van der Waals surface area (Å²) in [5.41, 5.74) is -0.0225. The number of aromatic amines is 1. The Labute approximate surface area is 193 Å². The maximum absolute atomic E-state index is 13.1. The fourth-order valence-electron chi connectivity index (χ4n) is 2.68. The highest BCUT2D eigenvalue weighted by molar-refractivity contribution is 7.92. The number of anilines is 1. The van der Waals surface area contributed by atoms with Crippen molar-refractivity contribution in [3.8, 4) is 5.75 Å². The largest absolute Gasteiger partial charge is 0.461 e. The van der Waals surface area contributed by atoms with E-state index in [1.165, 1.54) is 24.4 Å². The summed E-state index contributed by atoms with van der Waals surface area (Å²) in [6.45, 7) is -0.361. The van der Waals surface area contributed by atoms with Crippen molar-refractivity contribution >= 4 is 39.4 Å². The number of H-pyrrole nitrogens is 1. The molecule has 0 bridgehead atoms. The van der Waals surface area contributed by atoms with Crippen molar-refractivity contribution in [2.24, 2.45) is 0 Å². The molecule has 0 saturated carbocycles. The summed E-state index contributed by atoms with van der Waals surface area (Å²) in [6.07, 6.45) is 0.371. The molecule has 0 saturated heterocycles. The van der Waals surface area contributed by atoms with Gasteiger partial charge < -0.3 is 24.5 Å². The van der Waals surface area contributed by atoms with Gasteiger partial charge in [0.15, 0.2) is 0 Å². The van der Waals surface area contributed by atoms with Gasteiger partial charge in [-0.05, 0) is 37.6 Å². The number of aromatic nitrogens is 1. The molecule has 0 aliphatic rings. The molecule has 1 heterocycles. The van der Waals surface area contributed by atoms with E-state index in [1.807, 2.05) is 0 Å². The number of benzene rings is 1. The number of halogens is 3. The fraction of sp³-hybridized carbons (Fsp3) is 0.368. The quantitative estimate of drug-likeness (QED) is 0.444. The Kier molecular flexibility index (Phi) is 9.29. The van der Waals surface area contributed by atoms with Crippen LogP contribution in [-0.4, -0.2) is 51.2 Å². The zero-order valence-electron chi connectivity index (χ0n) is 17.6. The smallest absolute Gasteiger partial charge is 0.408 e. The summed E-state index contributed by atoms with van der Waals surface area (Å²) in [4.78, 5) is 26.5. The van der Waals surface area contributed by atoms with Crippen LogP contribution in [0, 0.1) is 0 Å². The van der Waals surface area contributed by atoms with Crippen molar-refractivity contribution in [3.05, 3.63) is 46.7 Å². The van der Waals surface area contributed by atoms with Gasteiger partial charge in [-0.3, -0.25) is 4.31 Å². The molecule has 2 rings (SSSR count). The van der Waals surface area contributed by atoms with Crippen molar-refractivity contribution in [1.29, 1.82) is 0 Å². The molecule has 2 aromatic rings. The molecule has 33 heavy (non-hydrogen) atoms. The van der Waals surface area contributed by atoms with Gasteiger partial charge >= 0.3 is 18.7 Å². The van der Waals surface area contributed by atoms with Crippen LogP contribution in [0.25, 0.3) is 0 Å². The van der Waals surface area contributed by atoms with E-state index in [0.717, 1.165) is 10.4 Å². The lowest BCUT2D eigenvalue weighted by atomic mass is 10.2. The third-order valence-corrected chi connectivity index (χ3v) is 5.84. The van der Waals surface area contributed by atoms with Crippen LogP contribution >= 0.6 is 11.6 Å². The summed E-state index contributed by atoms with van der Waals surface area (Å²) >= 11 is 5.86. The van der Waals surface area contributed by atoms with Crippen LogP contribution in [0.1, 0.15) is 29.9 Å². The fourth-order valence-corrected chi connectivity index (χ4v) is 4.09. The number of alkyl carbamates (subject to hydrolysis) is 1. The van der Waals surface area contributed by atoms with Crippen LogP contribution in [0.4, 0.5) is 19.3 Å². The zero-order valence-corrected chi connectivity index (χ0v) is 19.2. The highest BCUT2D eigenvalue weighted by atomic mass is 35.5. The van der Waals surface area contributed by atoms with Gasteiger partial charge in [0.2, 0.25) is 0 Å². The normalized spacial score (nSPS) is 11.2. The molecule has 182 valence electrons. The number of hydrogen-bond acceptors (Lipinski definition) is 7. The first-order valence-corrected chi connectivity index (χ1v) is 11.6. The second-order valence-electron chi connectivity index (χ2n) is 6.26. The number of carbonyl (C=O) groups excluding carboxylic acids is 2. The number of esters is 1. The molecule has 0 radical (unpaired) electrons. The van der Waals surface area contributed by atoms with Crippen LogP contribution < -0.4 is 14.4 Å². The molecule has 10 nitrogen and oxygen atoms in total. The van der Waals surface area contributed by atoms with E-state index in [2.05, 4.69) is 19.8 Å². The second-order valence-corrected chi connectivity index (χ2v) is 8.56. The van der Waals surface area contributed by atoms with Crippen molar-refractivity contribution in [2.45, 2.75) is 27.0 Å². The predicted molar refractivity (Wildman–Crippen MR) is 115 cm³/mol. The third-order valence-electron chi connectivity index (χ3n) is 4.02. The molecule has 1 aromatic carbocycles. The lowest BCUT2D eigenvalue weighted by molar-refractivity contribution is -0.0498. The Bertz CT molecular complexity index is 1080. The van der Waals surface area contributed by atoms with Crippen LogP contribution in [-0.2, 0) is 26.0 Å². The standard InChI is InChI=1S/C19H22ClF2N3O7S/c1-3-30-17(26)16-14(7-8-23-16)25(33(28,29)11-24-19(27)31-4-2)10-12-5-6-13(20)15(9-12)32-18(21)22/h5-9,18,23H,3-4,10-11H2,1-2H3,(H,24,27). The zero-order chi connectivity index (χ0) is 24.6. The highest BCUT2D eigenvalue weighted by Crippen LogP contribution is 2.30.